The molecule has 19 heteroatoms. The van der Waals surface area contributed by atoms with E-state index >= 15 is 0 Å². The molecule has 19 nitrogen and oxygen atoms in total. The molecule has 0 aliphatic carbocycles. The summed E-state index contributed by atoms with van der Waals surface area (Å²) in [5.74, 6) is -0.265. The minimum Gasteiger partial charge on any atom is -0.394 e. The largest absolute Gasteiger partial charge is 0.394 e. The number of allylic oxidation sites excluding steroid dienone is 1. The van der Waals surface area contributed by atoms with Gasteiger partial charge in [-0.2, -0.15) is 0 Å². The molecule has 634 valence electrons. The maximum Gasteiger partial charge on any atom is 0.220 e. The average molecular weight is 1530 g/mol. The van der Waals surface area contributed by atoms with Gasteiger partial charge in [-0.05, 0) is 19.3 Å². The maximum atomic E-state index is 13.5. The van der Waals surface area contributed by atoms with Crippen molar-refractivity contribution in [2.45, 2.75) is 516 Å². The Bertz CT molecular complexity index is 1970. The molecular weight excluding hydrogens is 1360 g/mol. The van der Waals surface area contributed by atoms with Gasteiger partial charge in [-0.25, -0.2) is 0 Å². The Balaban J connectivity index is 1.31. The summed E-state index contributed by atoms with van der Waals surface area (Å²) in [5.41, 5.74) is 0. The van der Waals surface area contributed by atoms with Crippen LogP contribution in [-0.4, -0.2) is 193 Å². The first-order valence-electron chi connectivity index (χ1n) is 45.4. The van der Waals surface area contributed by atoms with Crippen LogP contribution in [0.4, 0.5) is 0 Å². The summed E-state index contributed by atoms with van der Waals surface area (Å²) in [7, 11) is 0. The van der Waals surface area contributed by atoms with Gasteiger partial charge < -0.3 is 89.9 Å². The zero-order valence-corrected chi connectivity index (χ0v) is 68.4. The van der Waals surface area contributed by atoms with E-state index in [2.05, 4.69) is 19.2 Å². The summed E-state index contributed by atoms with van der Waals surface area (Å²) in [4.78, 5) is 13.5. The molecule has 0 aromatic carbocycles. The van der Waals surface area contributed by atoms with Gasteiger partial charge in [-0.15, -0.1) is 0 Å². The first-order chi connectivity index (χ1) is 52.3. The second-order valence-electron chi connectivity index (χ2n) is 32.8. The van der Waals surface area contributed by atoms with E-state index in [0.717, 1.165) is 44.9 Å². The number of amides is 1. The lowest BCUT2D eigenvalue weighted by atomic mass is 9.96. The molecule has 17 unspecified atom stereocenters. The Labute approximate surface area is 652 Å². The fourth-order valence-electron chi connectivity index (χ4n) is 15.8. The van der Waals surface area contributed by atoms with Crippen LogP contribution in [0.15, 0.2) is 12.2 Å². The van der Waals surface area contributed by atoms with Gasteiger partial charge in [-0.1, -0.05) is 398 Å². The van der Waals surface area contributed by atoms with Crippen molar-refractivity contribution in [3.8, 4) is 0 Å². The third-order valence-electron chi connectivity index (χ3n) is 23.1. The number of ether oxygens (including phenoxy) is 6. The lowest BCUT2D eigenvalue weighted by molar-refractivity contribution is -0.379. The van der Waals surface area contributed by atoms with Crippen LogP contribution in [0.3, 0.4) is 0 Å². The molecule has 3 fully saturated rings. The van der Waals surface area contributed by atoms with E-state index in [0.29, 0.717) is 6.42 Å². The minimum absolute atomic E-state index is 0.251. The maximum absolute atomic E-state index is 13.5. The monoisotopic (exact) mass is 1530 g/mol. The predicted octanol–water partition coefficient (Wildman–Crippen LogP) is 17.1. The highest BCUT2D eigenvalue weighted by molar-refractivity contribution is 5.76. The fraction of sp³-hybridized carbons (Fsp3) is 0.966. The summed E-state index contributed by atoms with van der Waals surface area (Å²) in [5, 5.41) is 121. The third kappa shape index (κ3) is 47.9. The molecule has 3 aliphatic rings. The zero-order chi connectivity index (χ0) is 77.4. The molecule has 17 atom stereocenters. The molecule has 0 aromatic heterocycles. The molecule has 12 N–H and O–H groups in total. The number of hydrogen-bond donors (Lipinski definition) is 12. The molecule has 3 heterocycles. The normalized spacial score (nSPS) is 25.5. The van der Waals surface area contributed by atoms with Crippen LogP contribution in [0.2, 0.25) is 0 Å². The molecule has 107 heavy (non-hydrogen) atoms. The first-order valence-corrected chi connectivity index (χ1v) is 45.4. The molecule has 3 rings (SSSR count). The molecule has 1 amide bonds. The van der Waals surface area contributed by atoms with Crippen LogP contribution in [0.1, 0.15) is 412 Å². The van der Waals surface area contributed by atoms with Crippen molar-refractivity contribution in [1.29, 1.82) is 0 Å². The van der Waals surface area contributed by atoms with Crippen LogP contribution in [0.25, 0.3) is 0 Å². The number of hydrogen-bond acceptors (Lipinski definition) is 18. The SMILES string of the molecule is CCCCCCCCCCCCCCCCCCCCCCCCC/C=C/C(O)C(COC1OC(CO)C(OC2OC(CO)C(OC3OC(CO)C(O)C(O)C3O)C(O)C2O)C(O)C1O)NC(=O)CCCCCCCCCCCCCCCCCCCCCCCCCCCCCCCCCCCCCCC. The quantitative estimate of drug-likeness (QED) is 0.0199. The number of carbonyl (C=O) groups excluding carboxylic acids is 1. The van der Waals surface area contributed by atoms with E-state index < -0.39 is 124 Å². The van der Waals surface area contributed by atoms with E-state index in [1.165, 1.54) is 340 Å². The van der Waals surface area contributed by atoms with E-state index in [1.807, 2.05) is 6.08 Å². The Morgan fingerprint density at radius 1 is 0.327 bits per heavy atom. The van der Waals surface area contributed by atoms with Gasteiger partial charge in [0.25, 0.3) is 0 Å². The molecule has 0 saturated carbocycles. The van der Waals surface area contributed by atoms with Crippen molar-refractivity contribution in [2.75, 3.05) is 26.4 Å². The van der Waals surface area contributed by atoms with Crippen molar-refractivity contribution in [3.63, 3.8) is 0 Å². The van der Waals surface area contributed by atoms with Gasteiger partial charge in [0.1, 0.15) is 73.2 Å². The van der Waals surface area contributed by atoms with Crippen molar-refractivity contribution >= 4 is 5.91 Å². The summed E-state index contributed by atoms with van der Waals surface area (Å²) in [6.45, 7) is 1.82. The molecule has 0 aromatic rings. The second-order valence-corrected chi connectivity index (χ2v) is 32.8. The number of nitrogens with one attached hydrogen (secondary N) is 1. The molecule has 0 radical (unpaired) electrons. The number of unbranched alkanes of at least 4 members (excludes halogenated alkanes) is 59. The molecule has 0 bridgehead atoms. The van der Waals surface area contributed by atoms with Crippen molar-refractivity contribution < 1.29 is 89.4 Å². The van der Waals surface area contributed by atoms with Gasteiger partial charge in [0, 0.05) is 6.42 Å². The van der Waals surface area contributed by atoms with Crippen LogP contribution < -0.4 is 5.32 Å². The zero-order valence-electron chi connectivity index (χ0n) is 68.4. The molecule has 0 spiro atoms. The number of rotatable bonds is 75. The van der Waals surface area contributed by atoms with Gasteiger partial charge in [0.15, 0.2) is 18.9 Å². The van der Waals surface area contributed by atoms with Crippen molar-refractivity contribution in [2.24, 2.45) is 0 Å². The Kier molecular flexibility index (Phi) is 64.2. The number of carbonyl (C=O) groups is 1. The summed E-state index contributed by atoms with van der Waals surface area (Å²) in [6, 6.07) is -0.971. The van der Waals surface area contributed by atoms with E-state index in [9.17, 15) is 61.0 Å². The highest BCUT2D eigenvalue weighted by atomic mass is 16.8. The van der Waals surface area contributed by atoms with Crippen molar-refractivity contribution in [3.05, 3.63) is 12.2 Å². The van der Waals surface area contributed by atoms with E-state index in [4.69, 9.17) is 28.4 Å². The predicted molar refractivity (Wildman–Crippen MR) is 430 cm³/mol. The van der Waals surface area contributed by atoms with Gasteiger partial charge >= 0.3 is 0 Å². The van der Waals surface area contributed by atoms with Gasteiger partial charge in [0.05, 0.1) is 38.6 Å². The summed E-state index contributed by atoms with van der Waals surface area (Å²) in [6.07, 6.45) is 58.1. The molecule has 3 aliphatic heterocycles. The Hall–Kier alpha value is -1.47. The Morgan fingerprint density at radius 2 is 0.579 bits per heavy atom. The standard InChI is InChI=1S/C88H169NO18/c1-3-5-7-9-11-13-15-17-19-21-23-25-27-29-30-31-32-33-34-35-36-37-38-39-40-42-44-46-48-50-52-54-56-58-60-62-64-66-76(94)89-71(72(93)65-63-61-59-57-55-53-51-49-47-45-43-41-28-26-24-22-20-18-16-14-12-10-8-6-4-2)70-102-86-82(100)79(97)84(74(68-91)104-86)107-88-83(101)80(98)85(75(69-92)105-88)106-87-81(99)78(96)77(95)73(67-90)103-87/h63,65,71-75,77-88,90-93,95-101H,3-62,64,66-70H2,1-2H3,(H,89,94)/b65-63+. The lowest BCUT2D eigenvalue weighted by Gasteiger charge is -2.48. The van der Waals surface area contributed by atoms with Crippen LogP contribution in [0.5, 0.6) is 0 Å². The first kappa shape index (κ1) is 99.7. The number of aliphatic hydroxyl groups excluding tert-OH is 11. The summed E-state index contributed by atoms with van der Waals surface area (Å²) < 4.78 is 34.5. The van der Waals surface area contributed by atoms with Crippen LogP contribution >= 0.6 is 0 Å². The van der Waals surface area contributed by atoms with Gasteiger partial charge in [-0.3, -0.25) is 4.79 Å². The smallest absolute Gasteiger partial charge is 0.220 e. The van der Waals surface area contributed by atoms with E-state index in [1.54, 1.807) is 6.08 Å². The van der Waals surface area contributed by atoms with Gasteiger partial charge in [0.2, 0.25) is 5.91 Å². The van der Waals surface area contributed by atoms with Crippen molar-refractivity contribution in [1.82, 2.24) is 5.32 Å². The van der Waals surface area contributed by atoms with E-state index in [-0.39, 0.29) is 18.9 Å². The lowest BCUT2D eigenvalue weighted by Crippen LogP contribution is -2.66. The molecular formula is C88H169NO18. The minimum atomic E-state index is -1.98. The number of aliphatic hydroxyl groups is 11. The highest BCUT2D eigenvalue weighted by Crippen LogP contribution is 2.34. The fourth-order valence-corrected chi connectivity index (χ4v) is 15.8. The third-order valence-corrected chi connectivity index (χ3v) is 23.1. The second kappa shape index (κ2) is 68.9. The summed E-state index contributed by atoms with van der Waals surface area (Å²) >= 11 is 0. The topological polar surface area (TPSA) is 307 Å². The molecule has 3 saturated heterocycles. The highest BCUT2D eigenvalue weighted by Gasteiger charge is 2.54. The Morgan fingerprint density at radius 3 is 0.879 bits per heavy atom. The van der Waals surface area contributed by atoms with Crippen LogP contribution in [-0.2, 0) is 33.2 Å². The van der Waals surface area contributed by atoms with Crippen LogP contribution in [0, 0.1) is 0 Å². The average Bonchev–Trinajstić information content (AvgIpc) is 0.782.